The third-order valence-corrected chi connectivity index (χ3v) is 4.28. The van der Waals surface area contributed by atoms with Crippen molar-refractivity contribution in [3.8, 4) is 16.9 Å². The molecule has 3 nitrogen and oxygen atoms in total. The van der Waals surface area contributed by atoms with Crippen molar-refractivity contribution in [2.75, 3.05) is 0 Å². The smallest absolute Gasteiger partial charge is 0.423 e. The van der Waals surface area contributed by atoms with E-state index in [4.69, 9.17) is 0 Å². The van der Waals surface area contributed by atoms with Crippen LogP contribution in [0.25, 0.3) is 27.8 Å². The molecule has 0 aliphatic heterocycles. The Morgan fingerprint density at radius 1 is 0.800 bits per heavy atom. The number of nitrogens with zero attached hydrogens (tertiary/aromatic N) is 1. The highest BCUT2D eigenvalue weighted by molar-refractivity contribution is 6.58. The van der Waals surface area contributed by atoms with Crippen LogP contribution in [0.1, 0.15) is 0 Å². The summed E-state index contributed by atoms with van der Waals surface area (Å²) in [6, 6.07) is 23.5. The second-order valence-corrected chi connectivity index (χ2v) is 5.90. The van der Waals surface area contributed by atoms with Gasteiger partial charge in [-0.05, 0) is 47.4 Å². The van der Waals surface area contributed by atoms with E-state index < -0.39 is 7.12 Å². The number of halogens is 1. The molecule has 1 aromatic heterocycles. The van der Waals surface area contributed by atoms with Gasteiger partial charge in [0.25, 0.3) is 0 Å². The van der Waals surface area contributed by atoms with Crippen LogP contribution in [0.5, 0.6) is 0 Å². The highest BCUT2D eigenvalue weighted by atomic mass is 19.1. The maximum atomic E-state index is 13.3. The SMILES string of the molecule is OB(O)c1ccc2c(c1)cc(-c1ccccc1)n2-c1ccc(F)cc1. The second-order valence-electron chi connectivity index (χ2n) is 5.90. The lowest BCUT2D eigenvalue weighted by Crippen LogP contribution is -2.29. The summed E-state index contributed by atoms with van der Waals surface area (Å²) < 4.78 is 15.4. The Labute approximate surface area is 144 Å². The molecule has 0 bridgehead atoms. The van der Waals surface area contributed by atoms with Crippen molar-refractivity contribution in [2.24, 2.45) is 0 Å². The number of aromatic nitrogens is 1. The van der Waals surface area contributed by atoms with Crippen molar-refractivity contribution >= 4 is 23.5 Å². The number of benzene rings is 3. The number of fused-ring (bicyclic) bond motifs is 1. The Bertz CT molecular complexity index is 1030. The fourth-order valence-corrected chi connectivity index (χ4v) is 3.08. The van der Waals surface area contributed by atoms with Crippen LogP contribution in [0.2, 0.25) is 0 Å². The molecule has 0 saturated heterocycles. The molecular formula is C20H15BFNO2. The predicted molar refractivity (Wildman–Crippen MR) is 98.5 cm³/mol. The number of hydrogen-bond donors (Lipinski definition) is 2. The van der Waals surface area contributed by atoms with E-state index in [1.165, 1.54) is 12.1 Å². The van der Waals surface area contributed by atoms with Gasteiger partial charge in [-0.1, -0.05) is 42.5 Å². The van der Waals surface area contributed by atoms with Crippen LogP contribution < -0.4 is 5.46 Å². The number of hydrogen-bond acceptors (Lipinski definition) is 2. The minimum Gasteiger partial charge on any atom is -0.423 e. The summed E-state index contributed by atoms with van der Waals surface area (Å²) in [6.45, 7) is 0. The average molecular weight is 331 g/mol. The standard InChI is InChI=1S/C20H15BFNO2/c22-17-7-9-18(10-8-17)23-19-11-6-16(21(24)25)12-15(19)13-20(23)14-4-2-1-3-5-14/h1-13,24-25H. The fourth-order valence-electron chi connectivity index (χ4n) is 3.08. The maximum Gasteiger partial charge on any atom is 0.488 e. The van der Waals surface area contributed by atoms with Gasteiger partial charge in [0.2, 0.25) is 0 Å². The zero-order chi connectivity index (χ0) is 17.4. The quantitative estimate of drug-likeness (QED) is 0.567. The van der Waals surface area contributed by atoms with Gasteiger partial charge in [0.05, 0.1) is 11.2 Å². The highest BCUT2D eigenvalue weighted by Crippen LogP contribution is 2.31. The third-order valence-electron chi connectivity index (χ3n) is 4.28. The lowest BCUT2D eigenvalue weighted by atomic mass is 9.80. The molecule has 1 heterocycles. The molecule has 4 rings (SSSR count). The maximum absolute atomic E-state index is 13.3. The molecule has 25 heavy (non-hydrogen) atoms. The first kappa shape index (κ1) is 15.6. The van der Waals surface area contributed by atoms with E-state index in [-0.39, 0.29) is 5.82 Å². The van der Waals surface area contributed by atoms with Gasteiger partial charge in [0.15, 0.2) is 0 Å². The third kappa shape index (κ3) is 2.84. The Kier molecular flexibility index (Phi) is 3.88. The summed E-state index contributed by atoms with van der Waals surface area (Å²) in [4.78, 5) is 0. The molecule has 0 unspecified atom stereocenters. The van der Waals surface area contributed by atoms with Gasteiger partial charge in [0, 0.05) is 11.1 Å². The van der Waals surface area contributed by atoms with Crippen molar-refractivity contribution in [1.82, 2.24) is 4.57 Å². The zero-order valence-corrected chi connectivity index (χ0v) is 13.3. The molecule has 2 N–H and O–H groups in total. The predicted octanol–water partition coefficient (Wildman–Crippen LogP) is 3.12. The van der Waals surface area contributed by atoms with Gasteiger partial charge in [-0.15, -0.1) is 0 Å². The molecule has 0 spiro atoms. The summed E-state index contributed by atoms with van der Waals surface area (Å²) in [6.07, 6.45) is 0. The molecule has 0 radical (unpaired) electrons. The Hall–Kier alpha value is -2.89. The average Bonchev–Trinajstić information content (AvgIpc) is 3.02. The molecule has 0 atom stereocenters. The molecule has 0 aliphatic carbocycles. The first-order chi connectivity index (χ1) is 12.1. The largest absolute Gasteiger partial charge is 0.488 e. The van der Waals surface area contributed by atoms with Crippen molar-refractivity contribution < 1.29 is 14.4 Å². The summed E-state index contributed by atoms with van der Waals surface area (Å²) in [5.41, 5.74) is 4.16. The number of rotatable bonds is 3. The van der Waals surface area contributed by atoms with Crippen LogP contribution >= 0.6 is 0 Å². The molecule has 5 heteroatoms. The molecule has 4 aromatic rings. The lowest BCUT2D eigenvalue weighted by molar-refractivity contribution is 0.426. The van der Waals surface area contributed by atoms with Crippen molar-refractivity contribution in [1.29, 1.82) is 0 Å². The highest BCUT2D eigenvalue weighted by Gasteiger charge is 2.16. The fraction of sp³-hybridized carbons (Fsp3) is 0. The molecule has 0 fully saturated rings. The van der Waals surface area contributed by atoms with E-state index in [9.17, 15) is 14.4 Å². The van der Waals surface area contributed by atoms with E-state index in [0.29, 0.717) is 5.46 Å². The van der Waals surface area contributed by atoms with E-state index in [1.807, 2.05) is 47.0 Å². The van der Waals surface area contributed by atoms with Gasteiger partial charge in [0.1, 0.15) is 5.82 Å². The normalized spacial score (nSPS) is 11.0. The zero-order valence-electron chi connectivity index (χ0n) is 13.3. The van der Waals surface area contributed by atoms with Crippen LogP contribution in [-0.4, -0.2) is 21.7 Å². The van der Waals surface area contributed by atoms with Crippen LogP contribution in [0.4, 0.5) is 4.39 Å². The van der Waals surface area contributed by atoms with E-state index in [2.05, 4.69) is 0 Å². The minimum absolute atomic E-state index is 0.285. The van der Waals surface area contributed by atoms with Gasteiger partial charge < -0.3 is 14.6 Å². The topological polar surface area (TPSA) is 45.4 Å². The van der Waals surface area contributed by atoms with Gasteiger partial charge >= 0.3 is 7.12 Å². The summed E-state index contributed by atoms with van der Waals surface area (Å²) >= 11 is 0. The van der Waals surface area contributed by atoms with E-state index >= 15 is 0 Å². The molecule has 3 aromatic carbocycles. The van der Waals surface area contributed by atoms with Crippen molar-refractivity contribution in [3.05, 3.63) is 84.7 Å². The van der Waals surface area contributed by atoms with E-state index in [1.54, 1.807) is 24.3 Å². The molecular weight excluding hydrogens is 316 g/mol. The summed E-state index contributed by atoms with van der Waals surface area (Å²) in [5, 5.41) is 19.7. The van der Waals surface area contributed by atoms with Crippen molar-refractivity contribution in [3.63, 3.8) is 0 Å². The first-order valence-electron chi connectivity index (χ1n) is 7.96. The summed E-state index contributed by atoms with van der Waals surface area (Å²) in [5.74, 6) is -0.285. The molecule has 0 saturated carbocycles. The van der Waals surface area contributed by atoms with Gasteiger partial charge in [-0.25, -0.2) is 4.39 Å². The van der Waals surface area contributed by atoms with Crippen molar-refractivity contribution in [2.45, 2.75) is 0 Å². The molecule has 122 valence electrons. The van der Waals surface area contributed by atoms with Crippen LogP contribution in [0.15, 0.2) is 78.9 Å². The summed E-state index contributed by atoms with van der Waals surface area (Å²) in [7, 11) is -1.52. The Balaban J connectivity index is 2.01. The second kappa shape index (κ2) is 6.20. The van der Waals surface area contributed by atoms with Crippen LogP contribution in [-0.2, 0) is 0 Å². The monoisotopic (exact) mass is 331 g/mol. The molecule has 0 amide bonds. The van der Waals surface area contributed by atoms with Crippen LogP contribution in [0.3, 0.4) is 0 Å². The lowest BCUT2D eigenvalue weighted by Gasteiger charge is -2.11. The van der Waals surface area contributed by atoms with Gasteiger partial charge in [-0.2, -0.15) is 0 Å². The van der Waals surface area contributed by atoms with E-state index in [0.717, 1.165) is 27.8 Å². The van der Waals surface area contributed by atoms with Gasteiger partial charge in [-0.3, -0.25) is 0 Å². The first-order valence-corrected chi connectivity index (χ1v) is 7.96. The minimum atomic E-state index is -1.52. The Morgan fingerprint density at radius 3 is 2.20 bits per heavy atom. The molecule has 0 aliphatic rings. The van der Waals surface area contributed by atoms with Crippen LogP contribution in [0, 0.1) is 5.82 Å². The Morgan fingerprint density at radius 2 is 1.52 bits per heavy atom.